The molecule has 3 aliphatic rings. The lowest BCUT2D eigenvalue weighted by Crippen LogP contribution is -2.59. The van der Waals surface area contributed by atoms with Crippen molar-refractivity contribution in [3.8, 4) is 0 Å². The lowest BCUT2D eigenvalue weighted by atomic mass is 9.82. The molecular formula is C16H24O7. The van der Waals surface area contributed by atoms with Gasteiger partial charge in [0.15, 0.2) is 35.4 Å². The summed E-state index contributed by atoms with van der Waals surface area (Å²) in [6.07, 6.45) is -3.37. The van der Waals surface area contributed by atoms with E-state index in [2.05, 4.69) is 6.58 Å². The third-order valence-electron chi connectivity index (χ3n) is 4.33. The van der Waals surface area contributed by atoms with Crippen LogP contribution in [0, 0.1) is 0 Å². The predicted octanol–water partition coefficient (Wildman–Crippen LogP) is 0.891. The van der Waals surface area contributed by atoms with Crippen molar-refractivity contribution in [1.82, 2.24) is 0 Å². The van der Waals surface area contributed by atoms with E-state index >= 15 is 0 Å². The number of aliphatic hydroxyl groups is 1. The standard InChI is InChI=1S/C16H24O7/c1-8(2)10(17)16(18)11(9-7-19-14(3,4)21-9)20-13-12(16)22-15(5,6)23-13/h9,11-13,18H,1,7H2,2-6H3/t9-,11-,12+,13-,16+/m1/s1. The number of hydrogen-bond donors (Lipinski definition) is 1. The molecule has 0 unspecified atom stereocenters. The molecule has 0 saturated carbocycles. The molecule has 0 aliphatic carbocycles. The van der Waals surface area contributed by atoms with E-state index in [4.69, 9.17) is 23.7 Å². The van der Waals surface area contributed by atoms with E-state index in [9.17, 15) is 9.90 Å². The monoisotopic (exact) mass is 328 g/mol. The maximum atomic E-state index is 12.7. The van der Waals surface area contributed by atoms with Crippen LogP contribution in [-0.4, -0.2) is 59.3 Å². The van der Waals surface area contributed by atoms with Gasteiger partial charge in [-0.3, -0.25) is 4.79 Å². The van der Waals surface area contributed by atoms with Crippen LogP contribution in [0.5, 0.6) is 0 Å². The zero-order valence-electron chi connectivity index (χ0n) is 14.1. The third-order valence-corrected chi connectivity index (χ3v) is 4.33. The summed E-state index contributed by atoms with van der Waals surface area (Å²) in [7, 11) is 0. The first-order chi connectivity index (χ1) is 10.5. The summed E-state index contributed by atoms with van der Waals surface area (Å²) in [5, 5.41) is 11.2. The molecule has 3 rings (SSSR count). The number of carbonyl (C=O) groups excluding carboxylic acids is 1. The molecule has 5 atom stereocenters. The van der Waals surface area contributed by atoms with Crippen molar-refractivity contribution in [1.29, 1.82) is 0 Å². The van der Waals surface area contributed by atoms with Crippen LogP contribution in [0.4, 0.5) is 0 Å². The first-order valence-corrected chi connectivity index (χ1v) is 7.72. The number of Topliss-reactive ketones (excluding diaryl/α,β-unsaturated/α-hetero) is 1. The summed E-state index contributed by atoms with van der Waals surface area (Å²) in [5.74, 6) is -2.29. The van der Waals surface area contributed by atoms with Crippen molar-refractivity contribution in [2.75, 3.05) is 6.61 Å². The highest BCUT2D eigenvalue weighted by atomic mass is 16.8. The minimum Gasteiger partial charge on any atom is -0.376 e. The van der Waals surface area contributed by atoms with Crippen LogP contribution in [0.15, 0.2) is 12.2 Å². The largest absolute Gasteiger partial charge is 0.376 e. The van der Waals surface area contributed by atoms with Gasteiger partial charge in [0.25, 0.3) is 0 Å². The van der Waals surface area contributed by atoms with Crippen molar-refractivity contribution in [2.45, 2.75) is 76.4 Å². The predicted molar refractivity (Wildman–Crippen MR) is 78.4 cm³/mol. The second-order valence-corrected chi connectivity index (χ2v) is 7.28. The minimum atomic E-state index is -1.93. The highest BCUT2D eigenvalue weighted by molar-refractivity contribution is 6.02. The van der Waals surface area contributed by atoms with Crippen molar-refractivity contribution in [2.24, 2.45) is 0 Å². The van der Waals surface area contributed by atoms with Gasteiger partial charge in [-0.05, 0) is 40.2 Å². The number of ether oxygens (including phenoxy) is 5. The smallest absolute Gasteiger partial charge is 0.195 e. The molecule has 0 spiro atoms. The average molecular weight is 328 g/mol. The van der Waals surface area contributed by atoms with Gasteiger partial charge in [-0.15, -0.1) is 0 Å². The lowest BCUT2D eigenvalue weighted by Gasteiger charge is -2.34. The topological polar surface area (TPSA) is 83.5 Å². The molecule has 3 aliphatic heterocycles. The molecule has 3 heterocycles. The van der Waals surface area contributed by atoms with Crippen molar-refractivity contribution >= 4 is 5.78 Å². The Morgan fingerprint density at radius 3 is 2.26 bits per heavy atom. The molecule has 0 bridgehead atoms. The molecule has 0 amide bonds. The molecular weight excluding hydrogens is 304 g/mol. The van der Waals surface area contributed by atoms with Crippen molar-refractivity contribution in [3.05, 3.63) is 12.2 Å². The molecule has 0 aromatic heterocycles. The van der Waals surface area contributed by atoms with E-state index in [1.54, 1.807) is 34.6 Å². The number of fused-ring (bicyclic) bond motifs is 1. The Hall–Kier alpha value is -0.830. The molecule has 3 saturated heterocycles. The van der Waals surface area contributed by atoms with Gasteiger partial charge in [0, 0.05) is 0 Å². The van der Waals surface area contributed by atoms with Crippen LogP contribution in [0.2, 0.25) is 0 Å². The number of carbonyl (C=O) groups is 1. The van der Waals surface area contributed by atoms with E-state index < -0.39 is 47.6 Å². The van der Waals surface area contributed by atoms with Gasteiger partial charge in [0.2, 0.25) is 0 Å². The summed E-state index contributed by atoms with van der Waals surface area (Å²) in [6.45, 7) is 12.3. The Labute approximate surface area is 135 Å². The summed E-state index contributed by atoms with van der Waals surface area (Å²) < 4.78 is 28.5. The number of hydrogen-bond acceptors (Lipinski definition) is 7. The summed E-state index contributed by atoms with van der Waals surface area (Å²) >= 11 is 0. The normalized spacial score (nSPS) is 44.3. The van der Waals surface area contributed by atoms with Crippen LogP contribution in [-0.2, 0) is 28.5 Å². The van der Waals surface area contributed by atoms with Crippen molar-refractivity contribution in [3.63, 3.8) is 0 Å². The van der Waals surface area contributed by atoms with Crippen LogP contribution >= 0.6 is 0 Å². The molecule has 7 heteroatoms. The Kier molecular flexibility index (Phi) is 3.76. The lowest BCUT2D eigenvalue weighted by molar-refractivity contribution is -0.244. The Morgan fingerprint density at radius 2 is 1.74 bits per heavy atom. The van der Waals surface area contributed by atoms with Gasteiger partial charge < -0.3 is 28.8 Å². The molecule has 3 fully saturated rings. The zero-order chi connectivity index (χ0) is 17.2. The second kappa shape index (κ2) is 5.08. The highest BCUT2D eigenvalue weighted by Crippen LogP contribution is 2.47. The van der Waals surface area contributed by atoms with Gasteiger partial charge >= 0.3 is 0 Å². The third kappa shape index (κ3) is 2.65. The van der Waals surface area contributed by atoms with E-state index in [0.29, 0.717) is 0 Å². The van der Waals surface area contributed by atoms with Crippen LogP contribution in [0.1, 0.15) is 34.6 Å². The van der Waals surface area contributed by atoms with E-state index in [1.165, 1.54) is 0 Å². The molecule has 1 N–H and O–H groups in total. The number of rotatable bonds is 3. The van der Waals surface area contributed by atoms with Gasteiger partial charge in [-0.25, -0.2) is 0 Å². The zero-order valence-corrected chi connectivity index (χ0v) is 14.1. The Morgan fingerprint density at radius 1 is 1.09 bits per heavy atom. The van der Waals surface area contributed by atoms with Gasteiger partial charge in [0.05, 0.1) is 6.61 Å². The fraction of sp³-hybridized carbons (Fsp3) is 0.812. The van der Waals surface area contributed by atoms with Crippen molar-refractivity contribution < 1.29 is 33.6 Å². The molecule has 0 aromatic carbocycles. The average Bonchev–Trinajstić information content (AvgIpc) is 3.00. The van der Waals surface area contributed by atoms with E-state index in [0.717, 1.165) is 0 Å². The first-order valence-electron chi connectivity index (χ1n) is 7.72. The fourth-order valence-corrected chi connectivity index (χ4v) is 3.37. The van der Waals surface area contributed by atoms with Gasteiger partial charge in [-0.1, -0.05) is 6.58 Å². The van der Waals surface area contributed by atoms with Crippen LogP contribution < -0.4 is 0 Å². The van der Waals surface area contributed by atoms with Crippen LogP contribution in [0.25, 0.3) is 0 Å². The minimum absolute atomic E-state index is 0.201. The molecule has 7 nitrogen and oxygen atoms in total. The SMILES string of the molecule is C=C(C)C(=O)[C@]1(O)[C@@H]([C@H]2COC(C)(C)O2)O[C@@H]2OC(C)(C)O[C@@H]21. The van der Waals surface area contributed by atoms with Gasteiger partial charge in [0.1, 0.15) is 12.2 Å². The molecule has 23 heavy (non-hydrogen) atoms. The molecule has 0 aromatic rings. The Balaban J connectivity index is 1.94. The molecule has 130 valence electrons. The van der Waals surface area contributed by atoms with E-state index in [1.807, 2.05) is 0 Å². The second-order valence-electron chi connectivity index (χ2n) is 7.28. The maximum Gasteiger partial charge on any atom is 0.195 e. The molecule has 0 radical (unpaired) electrons. The van der Waals surface area contributed by atoms with Crippen LogP contribution in [0.3, 0.4) is 0 Å². The number of ketones is 1. The fourth-order valence-electron chi connectivity index (χ4n) is 3.37. The van der Waals surface area contributed by atoms with E-state index in [-0.39, 0.29) is 12.2 Å². The van der Waals surface area contributed by atoms with Gasteiger partial charge in [-0.2, -0.15) is 0 Å². The summed E-state index contributed by atoms with van der Waals surface area (Å²) in [6, 6.07) is 0. The highest BCUT2D eigenvalue weighted by Gasteiger charge is 2.69. The first kappa shape index (κ1) is 17.0. The summed E-state index contributed by atoms with van der Waals surface area (Å²) in [4.78, 5) is 12.7. The Bertz CT molecular complexity index is 541. The quantitative estimate of drug-likeness (QED) is 0.770. The summed E-state index contributed by atoms with van der Waals surface area (Å²) in [5.41, 5.74) is -1.72. The maximum absolute atomic E-state index is 12.7.